The third kappa shape index (κ3) is 2.47. The average molecular weight is 199 g/mol. The highest BCUT2D eigenvalue weighted by Gasteiger charge is 2.25. The lowest BCUT2D eigenvalue weighted by molar-refractivity contribution is 0.0833. The number of nitrogens with zero attached hydrogens (tertiary/aromatic N) is 1. The molecule has 1 unspecified atom stereocenters. The minimum Gasteiger partial charge on any atom is -0.395 e. The van der Waals surface area contributed by atoms with Crippen LogP contribution in [0.3, 0.4) is 0 Å². The molecule has 2 fully saturated rings. The molecule has 0 bridgehead atoms. The van der Waals surface area contributed by atoms with E-state index in [1.54, 1.807) is 0 Å². The molecule has 2 atom stereocenters. The van der Waals surface area contributed by atoms with Gasteiger partial charge in [-0.15, -0.1) is 0 Å². The summed E-state index contributed by atoms with van der Waals surface area (Å²) in [5.74, 6) is 0. The van der Waals surface area contributed by atoms with E-state index in [2.05, 4.69) is 4.90 Å². The zero-order valence-corrected chi connectivity index (χ0v) is 8.82. The molecule has 0 radical (unpaired) electrons. The number of aliphatic hydroxyl groups is 1. The summed E-state index contributed by atoms with van der Waals surface area (Å²) >= 11 is 0. The Balaban J connectivity index is 1.68. The van der Waals surface area contributed by atoms with Crippen LogP contribution < -0.4 is 0 Å². The van der Waals surface area contributed by atoms with Crippen LogP contribution >= 0.6 is 0 Å². The highest BCUT2D eigenvalue weighted by molar-refractivity contribution is 4.79. The van der Waals surface area contributed by atoms with E-state index in [1.807, 2.05) is 0 Å². The fourth-order valence-electron chi connectivity index (χ4n) is 2.58. The van der Waals surface area contributed by atoms with Gasteiger partial charge in [0.05, 0.1) is 12.7 Å². The van der Waals surface area contributed by atoms with E-state index in [9.17, 15) is 0 Å². The van der Waals surface area contributed by atoms with Crippen molar-refractivity contribution in [2.45, 2.75) is 44.2 Å². The molecule has 0 spiro atoms. The molecular formula is C11H21NO2. The van der Waals surface area contributed by atoms with Crippen LogP contribution in [0.15, 0.2) is 0 Å². The number of likely N-dealkylation sites (tertiary alicyclic amines) is 1. The van der Waals surface area contributed by atoms with Gasteiger partial charge in [-0.25, -0.2) is 0 Å². The van der Waals surface area contributed by atoms with Gasteiger partial charge in [0, 0.05) is 19.2 Å². The van der Waals surface area contributed by atoms with E-state index >= 15 is 0 Å². The Morgan fingerprint density at radius 3 is 2.93 bits per heavy atom. The third-order valence-corrected chi connectivity index (χ3v) is 3.47. The largest absolute Gasteiger partial charge is 0.395 e. The molecule has 2 rings (SSSR count). The number of ether oxygens (including phenoxy) is 1. The Kier molecular flexibility index (Phi) is 3.79. The zero-order chi connectivity index (χ0) is 9.80. The van der Waals surface area contributed by atoms with Crippen molar-refractivity contribution in [2.24, 2.45) is 0 Å². The smallest absolute Gasteiger partial charge is 0.0588 e. The molecule has 0 aromatic heterocycles. The maximum absolute atomic E-state index is 9.16. The Morgan fingerprint density at radius 2 is 2.21 bits per heavy atom. The second kappa shape index (κ2) is 5.10. The van der Waals surface area contributed by atoms with Crippen molar-refractivity contribution < 1.29 is 9.84 Å². The van der Waals surface area contributed by atoms with Gasteiger partial charge in [0.25, 0.3) is 0 Å². The topological polar surface area (TPSA) is 32.7 Å². The van der Waals surface area contributed by atoms with Gasteiger partial charge in [0.2, 0.25) is 0 Å². The van der Waals surface area contributed by atoms with Crippen LogP contribution in [0, 0.1) is 0 Å². The molecule has 0 aromatic rings. The van der Waals surface area contributed by atoms with Crippen molar-refractivity contribution in [3.8, 4) is 0 Å². The van der Waals surface area contributed by atoms with Gasteiger partial charge < -0.3 is 9.84 Å². The van der Waals surface area contributed by atoms with E-state index in [0.29, 0.717) is 18.8 Å². The molecule has 1 N–H and O–H groups in total. The van der Waals surface area contributed by atoms with E-state index < -0.39 is 0 Å². The molecule has 0 saturated carbocycles. The molecular weight excluding hydrogens is 178 g/mol. The molecule has 2 heterocycles. The van der Waals surface area contributed by atoms with Gasteiger partial charge in [0.1, 0.15) is 0 Å². The van der Waals surface area contributed by atoms with Crippen LogP contribution in [0.25, 0.3) is 0 Å². The van der Waals surface area contributed by atoms with Crippen molar-refractivity contribution in [1.82, 2.24) is 4.90 Å². The standard InChI is InChI=1S/C11H21NO2/c13-9-10-3-1-6-12(10)7-5-11-4-2-8-14-11/h10-11,13H,1-9H2/t10-,11?/m1/s1. The maximum Gasteiger partial charge on any atom is 0.0588 e. The van der Waals surface area contributed by atoms with E-state index in [0.717, 1.165) is 26.1 Å². The van der Waals surface area contributed by atoms with E-state index in [4.69, 9.17) is 9.84 Å². The molecule has 0 aliphatic carbocycles. The van der Waals surface area contributed by atoms with Crippen LogP contribution in [0.2, 0.25) is 0 Å². The molecule has 2 aliphatic heterocycles. The Morgan fingerprint density at radius 1 is 1.29 bits per heavy atom. The van der Waals surface area contributed by atoms with Crippen molar-refractivity contribution >= 4 is 0 Å². The van der Waals surface area contributed by atoms with Crippen LogP contribution in [0.4, 0.5) is 0 Å². The van der Waals surface area contributed by atoms with Gasteiger partial charge in [-0.2, -0.15) is 0 Å². The molecule has 0 aromatic carbocycles. The first-order valence-corrected chi connectivity index (χ1v) is 5.86. The molecule has 14 heavy (non-hydrogen) atoms. The normalized spacial score (nSPS) is 34.1. The third-order valence-electron chi connectivity index (χ3n) is 3.47. The minimum absolute atomic E-state index is 0.325. The molecule has 0 amide bonds. The first-order chi connectivity index (χ1) is 6.90. The fraction of sp³-hybridized carbons (Fsp3) is 1.00. The monoisotopic (exact) mass is 199 g/mol. The first-order valence-electron chi connectivity index (χ1n) is 5.86. The number of rotatable bonds is 4. The van der Waals surface area contributed by atoms with Crippen molar-refractivity contribution in [3.05, 3.63) is 0 Å². The summed E-state index contributed by atoms with van der Waals surface area (Å²) in [5, 5.41) is 9.16. The number of hydrogen-bond acceptors (Lipinski definition) is 3. The zero-order valence-electron chi connectivity index (χ0n) is 8.82. The maximum atomic E-state index is 9.16. The van der Waals surface area contributed by atoms with Crippen molar-refractivity contribution in [3.63, 3.8) is 0 Å². The minimum atomic E-state index is 0.325. The lowest BCUT2D eigenvalue weighted by atomic mass is 10.1. The van der Waals surface area contributed by atoms with Gasteiger partial charge in [-0.05, 0) is 38.6 Å². The van der Waals surface area contributed by atoms with Gasteiger partial charge >= 0.3 is 0 Å². The lowest BCUT2D eigenvalue weighted by Gasteiger charge is -2.23. The molecule has 3 nitrogen and oxygen atoms in total. The molecule has 2 saturated heterocycles. The van der Waals surface area contributed by atoms with Gasteiger partial charge in [-0.1, -0.05) is 0 Å². The van der Waals surface area contributed by atoms with Crippen LogP contribution in [0.1, 0.15) is 32.1 Å². The van der Waals surface area contributed by atoms with Gasteiger partial charge in [0.15, 0.2) is 0 Å². The number of hydrogen-bond donors (Lipinski definition) is 1. The predicted octanol–water partition coefficient (Wildman–Crippen LogP) is 1.01. The summed E-state index contributed by atoms with van der Waals surface area (Å²) in [5.41, 5.74) is 0. The average Bonchev–Trinajstić information content (AvgIpc) is 2.85. The van der Waals surface area contributed by atoms with Gasteiger partial charge in [-0.3, -0.25) is 4.90 Å². The van der Waals surface area contributed by atoms with Crippen LogP contribution in [0.5, 0.6) is 0 Å². The Hall–Kier alpha value is -0.120. The summed E-state index contributed by atoms with van der Waals surface area (Å²) in [7, 11) is 0. The molecule has 3 heteroatoms. The summed E-state index contributed by atoms with van der Waals surface area (Å²) in [6.45, 7) is 3.55. The van der Waals surface area contributed by atoms with E-state index in [1.165, 1.54) is 25.7 Å². The summed E-state index contributed by atoms with van der Waals surface area (Å²) in [4.78, 5) is 2.42. The second-order valence-corrected chi connectivity index (χ2v) is 4.44. The Bertz CT molecular complexity index is 169. The summed E-state index contributed by atoms with van der Waals surface area (Å²) in [6, 6.07) is 0.427. The molecule has 82 valence electrons. The Labute approximate surface area is 86.0 Å². The highest BCUT2D eigenvalue weighted by atomic mass is 16.5. The van der Waals surface area contributed by atoms with Crippen molar-refractivity contribution in [2.75, 3.05) is 26.3 Å². The first kappa shape index (κ1) is 10.4. The predicted molar refractivity (Wildman–Crippen MR) is 55.3 cm³/mol. The van der Waals surface area contributed by atoms with Crippen molar-refractivity contribution in [1.29, 1.82) is 0 Å². The SMILES string of the molecule is OC[C@H]1CCCN1CCC1CCCO1. The number of aliphatic hydroxyl groups excluding tert-OH is 1. The second-order valence-electron chi connectivity index (χ2n) is 4.44. The highest BCUT2D eigenvalue weighted by Crippen LogP contribution is 2.20. The van der Waals surface area contributed by atoms with Crippen LogP contribution in [-0.4, -0.2) is 48.5 Å². The quantitative estimate of drug-likeness (QED) is 0.733. The van der Waals surface area contributed by atoms with E-state index in [-0.39, 0.29) is 0 Å². The summed E-state index contributed by atoms with van der Waals surface area (Å²) in [6.07, 6.45) is 6.52. The summed E-state index contributed by atoms with van der Waals surface area (Å²) < 4.78 is 5.59. The lowest BCUT2D eigenvalue weighted by Crippen LogP contribution is -2.34. The fourth-order valence-corrected chi connectivity index (χ4v) is 2.58. The molecule has 2 aliphatic rings. The van der Waals surface area contributed by atoms with Crippen LogP contribution in [-0.2, 0) is 4.74 Å².